The molecule has 0 spiro atoms. The maximum atomic E-state index is 13.2. The molecule has 4 nitrogen and oxygen atoms in total. The second kappa shape index (κ2) is 9.67. The fraction of sp³-hybridized carbons (Fsp3) is 0.316. The SMILES string of the molecule is CCNC(=NCc1ccccc1CO)NCCc1cccc(F)c1. The molecule has 128 valence electrons. The van der Waals surface area contributed by atoms with Crippen molar-refractivity contribution < 1.29 is 9.50 Å². The zero-order valence-corrected chi connectivity index (χ0v) is 13.9. The predicted octanol–water partition coefficient (Wildman–Crippen LogP) is 2.62. The third kappa shape index (κ3) is 5.66. The van der Waals surface area contributed by atoms with Crippen molar-refractivity contribution >= 4 is 5.96 Å². The minimum Gasteiger partial charge on any atom is -0.392 e. The maximum Gasteiger partial charge on any atom is 0.191 e. The summed E-state index contributed by atoms with van der Waals surface area (Å²) in [5.74, 6) is 0.496. The molecule has 0 saturated carbocycles. The van der Waals surface area contributed by atoms with E-state index in [1.807, 2.05) is 37.3 Å². The summed E-state index contributed by atoms with van der Waals surface area (Å²) in [6, 6.07) is 14.3. The Hall–Kier alpha value is -2.40. The monoisotopic (exact) mass is 329 g/mol. The van der Waals surface area contributed by atoms with Crippen LogP contribution in [0.5, 0.6) is 0 Å². The minimum atomic E-state index is -0.214. The molecule has 2 aromatic carbocycles. The van der Waals surface area contributed by atoms with E-state index in [2.05, 4.69) is 15.6 Å². The van der Waals surface area contributed by atoms with E-state index in [0.29, 0.717) is 19.0 Å². The van der Waals surface area contributed by atoms with Crippen LogP contribution >= 0.6 is 0 Å². The number of rotatable bonds is 7. The van der Waals surface area contributed by atoms with Gasteiger partial charge in [-0.1, -0.05) is 36.4 Å². The van der Waals surface area contributed by atoms with Gasteiger partial charge in [0.15, 0.2) is 5.96 Å². The van der Waals surface area contributed by atoms with Crippen molar-refractivity contribution in [3.8, 4) is 0 Å². The van der Waals surface area contributed by atoms with E-state index >= 15 is 0 Å². The lowest BCUT2D eigenvalue weighted by molar-refractivity contribution is 0.280. The van der Waals surface area contributed by atoms with Gasteiger partial charge in [0.25, 0.3) is 0 Å². The molecule has 0 bridgehead atoms. The molecule has 0 unspecified atom stereocenters. The Morgan fingerprint density at radius 1 is 1.08 bits per heavy atom. The summed E-state index contributed by atoms with van der Waals surface area (Å²) in [5.41, 5.74) is 2.84. The van der Waals surface area contributed by atoms with Crippen LogP contribution in [0.3, 0.4) is 0 Å². The Labute approximate surface area is 142 Å². The van der Waals surface area contributed by atoms with Crippen molar-refractivity contribution in [3.63, 3.8) is 0 Å². The summed E-state index contributed by atoms with van der Waals surface area (Å²) in [6.07, 6.45) is 0.718. The summed E-state index contributed by atoms with van der Waals surface area (Å²) >= 11 is 0. The van der Waals surface area contributed by atoms with Gasteiger partial charge in [-0.25, -0.2) is 9.38 Å². The van der Waals surface area contributed by atoms with Gasteiger partial charge >= 0.3 is 0 Å². The number of benzene rings is 2. The van der Waals surface area contributed by atoms with Gasteiger partial charge in [-0.2, -0.15) is 0 Å². The van der Waals surface area contributed by atoms with Crippen LogP contribution in [0.1, 0.15) is 23.6 Å². The molecule has 0 amide bonds. The van der Waals surface area contributed by atoms with E-state index in [9.17, 15) is 9.50 Å². The summed E-state index contributed by atoms with van der Waals surface area (Å²) in [7, 11) is 0. The number of halogens is 1. The van der Waals surface area contributed by atoms with Gasteiger partial charge in [0.05, 0.1) is 13.2 Å². The van der Waals surface area contributed by atoms with Gasteiger partial charge in [0.1, 0.15) is 5.82 Å². The van der Waals surface area contributed by atoms with Crippen molar-refractivity contribution in [2.45, 2.75) is 26.5 Å². The van der Waals surface area contributed by atoms with Crippen LogP contribution in [0.15, 0.2) is 53.5 Å². The molecule has 0 saturated heterocycles. The normalized spacial score (nSPS) is 11.4. The molecule has 24 heavy (non-hydrogen) atoms. The van der Waals surface area contributed by atoms with Crippen molar-refractivity contribution in [2.24, 2.45) is 4.99 Å². The predicted molar refractivity (Wildman–Crippen MR) is 95.3 cm³/mol. The minimum absolute atomic E-state index is 0.00916. The second-order valence-corrected chi connectivity index (χ2v) is 5.43. The smallest absolute Gasteiger partial charge is 0.191 e. The fourth-order valence-corrected chi connectivity index (χ4v) is 2.39. The first-order valence-electron chi connectivity index (χ1n) is 8.17. The fourth-order valence-electron chi connectivity index (χ4n) is 2.39. The van der Waals surface area contributed by atoms with Gasteiger partial charge < -0.3 is 15.7 Å². The average molecular weight is 329 g/mol. The molecular formula is C19H24FN3O. The molecule has 0 aliphatic rings. The molecule has 3 N–H and O–H groups in total. The van der Waals surface area contributed by atoms with Crippen LogP contribution in [0.2, 0.25) is 0 Å². The molecule has 2 aromatic rings. The van der Waals surface area contributed by atoms with Gasteiger partial charge in [-0.15, -0.1) is 0 Å². The van der Waals surface area contributed by atoms with Crippen LogP contribution in [0, 0.1) is 5.82 Å². The van der Waals surface area contributed by atoms with E-state index in [1.165, 1.54) is 6.07 Å². The third-order valence-corrected chi connectivity index (χ3v) is 3.64. The van der Waals surface area contributed by atoms with E-state index < -0.39 is 0 Å². The molecule has 0 aliphatic carbocycles. The van der Waals surface area contributed by atoms with E-state index in [4.69, 9.17) is 0 Å². The molecule has 5 heteroatoms. The molecule has 0 radical (unpaired) electrons. The van der Waals surface area contributed by atoms with Crippen LogP contribution in [-0.4, -0.2) is 24.2 Å². The lowest BCUT2D eigenvalue weighted by Crippen LogP contribution is -2.38. The van der Waals surface area contributed by atoms with Gasteiger partial charge in [-0.3, -0.25) is 0 Å². The number of guanidine groups is 1. The number of hydrogen-bond donors (Lipinski definition) is 3. The highest BCUT2D eigenvalue weighted by Gasteiger charge is 2.02. The Kier molecular flexibility index (Phi) is 7.23. The number of nitrogens with zero attached hydrogens (tertiary/aromatic N) is 1. The van der Waals surface area contributed by atoms with Gasteiger partial charge in [-0.05, 0) is 42.2 Å². The van der Waals surface area contributed by atoms with Gasteiger partial charge in [0, 0.05) is 13.1 Å². The molecule has 2 rings (SSSR count). The van der Waals surface area contributed by atoms with E-state index in [1.54, 1.807) is 12.1 Å². The first-order chi connectivity index (χ1) is 11.7. The standard InChI is InChI=1S/C19H24FN3O/c1-2-21-19(22-11-10-15-6-5-9-18(20)12-15)23-13-16-7-3-4-8-17(16)14-24/h3-9,12,24H,2,10-11,13-14H2,1H3,(H2,21,22,23). The van der Waals surface area contributed by atoms with Crippen molar-refractivity contribution in [1.82, 2.24) is 10.6 Å². The first-order valence-corrected chi connectivity index (χ1v) is 8.17. The molecule has 0 atom stereocenters. The maximum absolute atomic E-state index is 13.2. The highest BCUT2D eigenvalue weighted by Crippen LogP contribution is 2.09. The lowest BCUT2D eigenvalue weighted by Gasteiger charge is -2.12. The Morgan fingerprint density at radius 3 is 2.58 bits per heavy atom. The van der Waals surface area contributed by atoms with Crippen LogP contribution < -0.4 is 10.6 Å². The number of hydrogen-bond acceptors (Lipinski definition) is 2. The largest absolute Gasteiger partial charge is 0.392 e. The number of nitrogens with one attached hydrogen (secondary N) is 2. The molecule has 0 aliphatic heterocycles. The van der Waals surface area contributed by atoms with Crippen LogP contribution in [0.25, 0.3) is 0 Å². The first kappa shape index (κ1) is 17.9. The summed E-state index contributed by atoms with van der Waals surface area (Å²) in [5, 5.41) is 15.8. The lowest BCUT2D eigenvalue weighted by atomic mass is 10.1. The molecular weight excluding hydrogens is 305 g/mol. The van der Waals surface area contributed by atoms with Gasteiger partial charge in [0.2, 0.25) is 0 Å². The summed E-state index contributed by atoms with van der Waals surface area (Å²) in [6.45, 7) is 3.93. The quantitative estimate of drug-likeness (QED) is 0.541. The number of aliphatic hydroxyl groups excluding tert-OH is 1. The number of aliphatic imine (C=N–C) groups is 1. The van der Waals surface area contributed by atoms with Crippen LogP contribution in [-0.2, 0) is 19.6 Å². The summed E-state index contributed by atoms with van der Waals surface area (Å²) in [4.78, 5) is 4.55. The Morgan fingerprint density at radius 2 is 1.88 bits per heavy atom. The highest BCUT2D eigenvalue weighted by molar-refractivity contribution is 5.79. The van der Waals surface area contributed by atoms with Crippen molar-refractivity contribution in [3.05, 3.63) is 71.0 Å². The van der Waals surface area contributed by atoms with E-state index in [-0.39, 0.29) is 12.4 Å². The zero-order chi connectivity index (χ0) is 17.2. The highest BCUT2D eigenvalue weighted by atomic mass is 19.1. The topological polar surface area (TPSA) is 56.7 Å². The van der Waals surface area contributed by atoms with Crippen molar-refractivity contribution in [1.29, 1.82) is 0 Å². The second-order valence-electron chi connectivity index (χ2n) is 5.43. The summed E-state index contributed by atoms with van der Waals surface area (Å²) < 4.78 is 13.2. The third-order valence-electron chi connectivity index (χ3n) is 3.64. The molecule has 0 heterocycles. The average Bonchev–Trinajstić information content (AvgIpc) is 2.60. The van der Waals surface area contributed by atoms with Crippen LogP contribution in [0.4, 0.5) is 4.39 Å². The van der Waals surface area contributed by atoms with E-state index in [0.717, 1.165) is 29.7 Å². The number of aliphatic hydroxyl groups is 1. The zero-order valence-electron chi connectivity index (χ0n) is 13.9. The Bertz CT molecular complexity index is 673. The molecule has 0 fully saturated rings. The Balaban J connectivity index is 1.93. The van der Waals surface area contributed by atoms with Crippen molar-refractivity contribution in [2.75, 3.05) is 13.1 Å². The molecule has 0 aromatic heterocycles.